The molecule has 1 aliphatic heterocycles. The van der Waals surface area contributed by atoms with Gasteiger partial charge in [0, 0.05) is 0 Å². The summed E-state index contributed by atoms with van der Waals surface area (Å²) < 4.78 is 5.57. The molecule has 0 aromatic heterocycles. The fourth-order valence-electron chi connectivity index (χ4n) is 1.61. The molecule has 1 aliphatic rings. The lowest BCUT2D eigenvalue weighted by Gasteiger charge is -2.13. The molecular formula is C9H18O2. The second-order valence-electron chi connectivity index (χ2n) is 3.77. The zero-order valence-electron chi connectivity index (χ0n) is 7.42. The molecule has 0 aliphatic carbocycles. The van der Waals surface area contributed by atoms with Crippen molar-refractivity contribution in [1.29, 1.82) is 0 Å². The molecule has 0 aromatic rings. The van der Waals surface area contributed by atoms with E-state index in [2.05, 4.69) is 13.8 Å². The number of ether oxygens (including phenoxy) is 1. The summed E-state index contributed by atoms with van der Waals surface area (Å²) in [5.41, 5.74) is 0. The molecule has 2 unspecified atom stereocenters. The van der Waals surface area contributed by atoms with Crippen LogP contribution in [0.2, 0.25) is 0 Å². The van der Waals surface area contributed by atoms with Gasteiger partial charge in [-0.15, -0.1) is 0 Å². The molecule has 0 spiro atoms. The highest BCUT2D eigenvalue weighted by Crippen LogP contribution is 2.24. The van der Waals surface area contributed by atoms with Gasteiger partial charge in [0.15, 0.2) is 0 Å². The van der Waals surface area contributed by atoms with Crippen molar-refractivity contribution in [3.63, 3.8) is 0 Å². The quantitative estimate of drug-likeness (QED) is 0.675. The number of aliphatic hydroxyl groups excluding tert-OH is 1. The summed E-state index contributed by atoms with van der Waals surface area (Å²) in [7, 11) is 0. The smallest absolute Gasteiger partial charge is 0.0810 e. The van der Waals surface area contributed by atoms with Gasteiger partial charge in [-0.2, -0.15) is 0 Å². The van der Waals surface area contributed by atoms with E-state index >= 15 is 0 Å². The van der Waals surface area contributed by atoms with Crippen molar-refractivity contribution in [3.05, 3.63) is 0 Å². The predicted octanol–water partition coefficient (Wildman–Crippen LogP) is 1.57. The first-order chi connectivity index (χ1) is 5.22. The molecule has 2 nitrogen and oxygen atoms in total. The first-order valence-electron chi connectivity index (χ1n) is 4.48. The van der Waals surface area contributed by atoms with E-state index in [1.54, 1.807) is 0 Å². The van der Waals surface area contributed by atoms with Gasteiger partial charge in [0.2, 0.25) is 0 Å². The summed E-state index contributed by atoms with van der Waals surface area (Å²) in [6, 6.07) is 0. The van der Waals surface area contributed by atoms with E-state index in [0.29, 0.717) is 12.0 Å². The van der Waals surface area contributed by atoms with Crippen molar-refractivity contribution in [1.82, 2.24) is 0 Å². The largest absolute Gasteiger partial charge is 0.394 e. The minimum absolute atomic E-state index is 0.124. The molecule has 0 aromatic carbocycles. The van der Waals surface area contributed by atoms with Crippen LogP contribution in [0.3, 0.4) is 0 Å². The first-order valence-corrected chi connectivity index (χ1v) is 4.48. The molecule has 1 fully saturated rings. The van der Waals surface area contributed by atoms with Gasteiger partial charge in [-0.05, 0) is 25.2 Å². The minimum Gasteiger partial charge on any atom is -0.394 e. The highest BCUT2D eigenvalue weighted by molar-refractivity contribution is 4.73. The van der Waals surface area contributed by atoms with E-state index in [1.165, 1.54) is 0 Å². The van der Waals surface area contributed by atoms with Crippen LogP contribution >= 0.6 is 0 Å². The van der Waals surface area contributed by atoms with Gasteiger partial charge in [0.05, 0.1) is 18.8 Å². The zero-order chi connectivity index (χ0) is 8.27. The summed E-state index contributed by atoms with van der Waals surface area (Å²) in [5.74, 6) is 0.706. The Balaban J connectivity index is 2.19. The fourth-order valence-corrected chi connectivity index (χ4v) is 1.61. The first kappa shape index (κ1) is 9.01. The Kier molecular flexibility index (Phi) is 3.34. The highest BCUT2D eigenvalue weighted by Gasteiger charge is 2.24. The number of hydrogen-bond donors (Lipinski definition) is 1. The molecule has 1 N–H and O–H groups in total. The Hall–Kier alpha value is -0.0800. The number of hydrogen-bond acceptors (Lipinski definition) is 2. The Morgan fingerprint density at radius 1 is 1.36 bits per heavy atom. The second-order valence-corrected chi connectivity index (χ2v) is 3.77. The number of aliphatic hydroxyl groups is 1. The molecule has 2 heteroatoms. The Bertz CT molecular complexity index is 112. The maximum atomic E-state index is 8.79. The summed E-state index contributed by atoms with van der Waals surface area (Å²) >= 11 is 0. The summed E-state index contributed by atoms with van der Waals surface area (Å²) in [6.45, 7) is 4.60. The van der Waals surface area contributed by atoms with Crippen LogP contribution in [0.15, 0.2) is 0 Å². The van der Waals surface area contributed by atoms with Crippen LogP contribution in [0.5, 0.6) is 0 Å². The number of rotatable bonds is 3. The molecule has 11 heavy (non-hydrogen) atoms. The SMILES string of the molecule is CC(C)CC1CCC(CO)O1. The topological polar surface area (TPSA) is 29.5 Å². The molecule has 2 atom stereocenters. The molecule has 0 radical (unpaired) electrons. The van der Waals surface area contributed by atoms with Gasteiger partial charge >= 0.3 is 0 Å². The van der Waals surface area contributed by atoms with Crippen LogP contribution in [0.25, 0.3) is 0 Å². The van der Waals surface area contributed by atoms with E-state index in [4.69, 9.17) is 9.84 Å². The van der Waals surface area contributed by atoms with Crippen molar-refractivity contribution in [2.24, 2.45) is 5.92 Å². The van der Waals surface area contributed by atoms with Gasteiger partial charge in [0.1, 0.15) is 0 Å². The van der Waals surface area contributed by atoms with Gasteiger partial charge < -0.3 is 9.84 Å². The summed E-state index contributed by atoms with van der Waals surface area (Å²) in [4.78, 5) is 0. The standard InChI is InChI=1S/C9H18O2/c1-7(2)5-8-3-4-9(6-10)11-8/h7-10H,3-6H2,1-2H3. The van der Waals surface area contributed by atoms with E-state index in [9.17, 15) is 0 Å². The van der Waals surface area contributed by atoms with Crippen LogP contribution in [0, 0.1) is 5.92 Å². The molecule has 0 amide bonds. The van der Waals surface area contributed by atoms with Crippen LogP contribution < -0.4 is 0 Å². The molecule has 0 bridgehead atoms. The van der Waals surface area contributed by atoms with Gasteiger partial charge in [0.25, 0.3) is 0 Å². The zero-order valence-corrected chi connectivity index (χ0v) is 7.42. The molecule has 1 saturated heterocycles. The lowest BCUT2D eigenvalue weighted by atomic mass is 10.0. The average Bonchev–Trinajstić information content (AvgIpc) is 2.34. The Labute approximate surface area is 68.6 Å². The Morgan fingerprint density at radius 2 is 2.00 bits per heavy atom. The van der Waals surface area contributed by atoms with E-state index < -0.39 is 0 Å². The average molecular weight is 158 g/mol. The molecule has 1 rings (SSSR count). The third-order valence-electron chi connectivity index (χ3n) is 2.13. The fraction of sp³-hybridized carbons (Fsp3) is 1.00. The molecule has 1 heterocycles. The van der Waals surface area contributed by atoms with Crippen molar-refractivity contribution >= 4 is 0 Å². The van der Waals surface area contributed by atoms with E-state index in [0.717, 1.165) is 19.3 Å². The normalized spacial score (nSPS) is 31.6. The maximum Gasteiger partial charge on any atom is 0.0810 e. The minimum atomic E-state index is 0.124. The van der Waals surface area contributed by atoms with Crippen molar-refractivity contribution in [3.8, 4) is 0 Å². The van der Waals surface area contributed by atoms with Crippen LogP contribution in [0.1, 0.15) is 33.1 Å². The van der Waals surface area contributed by atoms with Gasteiger partial charge in [-0.3, -0.25) is 0 Å². The predicted molar refractivity (Wildman–Crippen MR) is 44.4 cm³/mol. The van der Waals surface area contributed by atoms with Crippen LogP contribution in [-0.2, 0) is 4.74 Å². The lowest BCUT2D eigenvalue weighted by molar-refractivity contribution is 0.00376. The van der Waals surface area contributed by atoms with Gasteiger partial charge in [-0.1, -0.05) is 13.8 Å². The summed E-state index contributed by atoms with van der Waals surface area (Å²) in [5, 5.41) is 8.79. The van der Waals surface area contributed by atoms with E-state index in [-0.39, 0.29) is 12.7 Å². The Morgan fingerprint density at radius 3 is 2.45 bits per heavy atom. The third kappa shape index (κ3) is 2.80. The van der Waals surface area contributed by atoms with Crippen molar-refractivity contribution in [2.75, 3.05) is 6.61 Å². The van der Waals surface area contributed by atoms with Crippen molar-refractivity contribution < 1.29 is 9.84 Å². The molecule has 66 valence electrons. The highest BCUT2D eigenvalue weighted by atomic mass is 16.5. The third-order valence-corrected chi connectivity index (χ3v) is 2.13. The lowest BCUT2D eigenvalue weighted by Crippen LogP contribution is -2.15. The van der Waals surface area contributed by atoms with Crippen LogP contribution in [-0.4, -0.2) is 23.9 Å². The van der Waals surface area contributed by atoms with Crippen LogP contribution in [0.4, 0.5) is 0 Å². The van der Waals surface area contributed by atoms with Gasteiger partial charge in [-0.25, -0.2) is 0 Å². The molecule has 0 saturated carbocycles. The van der Waals surface area contributed by atoms with E-state index in [1.807, 2.05) is 0 Å². The summed E-state index contributed by atoms with van der Waals surface area (Å²) in [6.07, 6.45) is 3.83. The molecular weight excluding hydrogens is 140 g/mol. The monoisotopic (exact) mass is 158 g/mol. The maximum absolute atomic E-state index is 8.79. The van der Waals surface area contributed by atoms with Crippen molar-refractivity contribution in [2.45, 2.75) is 45.3 Å². The second kappa shape index (κ2) is 4.07.